The Morgan fingerprint density at radius 2 is 1.91 bits per heavy atom. The molecule has 1 saturated carbocycles. The molecule has 1 atom stereocenters. The van der Waals surface area contributed by atoms with Gasteiger partial charge in [-0.3, -0.25) is 0 Å². The predicted octanol–water partition coefficient (Wildman–Crippen LogP) is 4.83. The predicted molar refractivity (Wildman–Crippen MR) is 135 cm³/mol. The summed E-state index contributed by atoms with van der Waals surface area (Å²) in [5.74, 6) is 0.722. The fourth-order valence-corrected chi connectivity index (χ4v) is 7.01. The third-order valence-electron chi connectivity index (χ3n) is 7.38. The van der Waals surface area contributed by atoms with Crippen molar-refractivity contribution in [3.8, 4) is 6.07 Å². The molecular formula is C27H31N5O2S. The molecule has 1 N–H and O–H groups in total. The first-order chi connectivity index (χ1) is 17.0. The highest BCUT2D eigenvalue weighted by molar-refractivity contribution is 7.89. The molecule has 1 aromatic heterocycles. The number of nitriles is 1. The van der Waals surface area contributed by atoms with Crippen LogP contribution in [-0.2, 0) is 23.1 Å². The molecule has 0 bridgehead atoms. The van der Waals surface area contributed by atoms with Crippen molar-refractivity contribution in [2.45, 2.75) is 62.6 Å². The van der Waals surface area contributed by atoms with Gasteiger partial charge in [-0.2, -0.15) is 9.57 Å². The molecule has 182 valence electrons. The Labute approximate surface area is 207 Å². The number of H-pyrrole nitrogens is 1. The van der Waals surface area contributed by atoms with Crippen molar-refractivity contribution in [2.24, 2.45) is 5.92 Å². The van der Waals surface area contributed by atoms with Crippen LogP contribution in [0.5, 0.6) is 0 Å². The van der Waals surface area contributed by atoms with E-state index in [1.54, 1.807) is 28.8 Å². The Morgan fingerprint density at radius 3 is 2.69 bits per heavy atom. The summed E-state index contributed by atoms with van der Waals surface area (Å²) in [7, 11) is -3.78. The van der Waals surface area contributed by atoms with Crippen LogP contribution < -0.4 is 4.90 Å². The number of sulfonamides is 1. The number of para-hydroxylation sites is 1. The molecule has 2 aliphatic rings. The topological polar surface area (TPSA) is 93.1 Å². The summed E-state index contributed by atoms with van der Waals surface area (Å²) in [6.07, 6.45) is 10.7. The van der Waals surface area contributed by atoms with Gasteiger partial charge in [-0.25, -0.2) is 13.4 Å². The maximum atomic E-state index is 13.8. The highest BCUT2D eigenvalue weighted by atomic mass is 32.2. The monoisotopic (exact) mass is 489 g/mol. The molecule has 1 unspecified atom stereocenters. The normalized spacial score (nSPS) is 19.3. The van der Waals surface area contributed by atoms with Gasteiger partial charge < -0.3 is 9.88 Å². The van der Waals surface area contributed by atoms with Crippen LogP contribution >= 0.6 is 0 Å². The van der Waals surface area contributed by atoms with E-state index in [2.05, 4.69) is 27.0 Å². The number of aromatic amines is 1. The smallest absolute Gasteiger partial charge is 0.243 e. The second-order valence-corrected chi connectivity index (χ2v) is 11.6. The molecule has 8 heteroatoms. The van der Waals surface area contributed by atoms with E-state index >= 15 is 0 Å². The van der Waals surface area contributed by atoms with Crippen molar-refractivity contribution in [3.63, 3.8) is 0 Å². The van der Waals surface area contributed by atoms with E-state index in [1.165, 1.54) is 31.7 Å². The maximum absolute atomic E-state index is 13.8. The zero-order valence-electron chi connectivity index (χ0n) is 19.8. The zero-order valence-corrected chi connectivity index (χ0v) is 20.6. The fourth-order valence-electron chi connectivity index (χ4n) is 5.51. The van der Waals surface area contributed by atoms with Gasteiger partial charge >= 0.3 is 0 Å². The number of hydrogen-bond donors (Lipinski definition) is 1. The zero-order chi connectivity index (χ0) is 24.3. The third kappa shape index (κ3) is 5.12. The lowest BCUT2D eigenvalue weighted by molar-refractivity contribution is 0.350. The second-order valence-electron chi connectivity index (χ2n) is 9.65. The number of rotatable bonds is 7. The molecule has 2 aromatic carbocycles. The van der Waals surface area contributed by atoms with Crippen LogP contribution in [0, 0.1) is 17.2 Å². The van der Waals surface area contributed by atoms with Gasteiger partial charge in [0.25, 0.3) is 0 Å². The Kier molecular flexibility index (Phi) is 6.89. The van der Waals surface area contributed by atoms with Crippen molar-refractivity contribution >= 4 is 15.7 Å². The van der Waals surface area contributed by atoms with Gasteiger partial charge in [0, 0.05) is 31.0 Å². The molecule has 5 rings (SSSR count). The summed E-state index contributed by atoms with van der Waals surface area (Å²) in [5.41, 5.74) is 3.40. The minimum atomic E-state index is -3.78. The molecule has 7 nitrogen and oxygen atoms in total. The van der Waals surface area contributed by atoms with Crippen LogP contribution in [0.15, 0.2) is 66.0 Å². The molecule has 3 aromatic rings. The first kappa shape index (κ1) is 23.6. The van der Waals surface area contributed by atoms with Crippen LogP contribution in [0.2, 0.25) is 0 Å². The lowest BCUT2D eigenvalue weighted by Gasteiger charge is -2.34. The summed E-state index contributed by atoms with van der Waals surface area (Å²) in [6.45, 7) is 1.34. The molecular weight excluding hydrogens is 458 g/mol. The highest BCUT2D eigenvalue weighted by Gasteiger charge is 2.35. The van der Waals surface area contributed by atoms with Gasteiger partial charge in [0.2, 0.25) is 10.0 Å². The van der Waals surface area contributed by atoms with Crippen LogP contribution in [0.1, 0.15) is 55.3 Å². The molecule has 1 aliphatic heterocycles. The number of anilines is 1. The van der Waals surface area contributed by atoms with Crippen molar-refractivity contribution < 1.29 is 8.42 Å². The summed E-state index contributed by atoms with van der Waals surface area (Å²) in [4.78, 5) is 9.95. The van der Waals surface area contributed by atoms with E-state index in [0.717, 1.165) is 35.7 Å². The first-order valence-corrected chi connectivity index (χ1v) is 13.8. The molecule has 0 spiro atoms. The summed E-state index contributed by atoms with van der Waals surface area (Å²) >= 11 is 0. The van der Waals surface area contributed by atoms with E-state index in [0.29, 0.717) is 25.2 Å². The van der Waals surface area contributed by atoms with Gasteiger partial charge in [-0.1, -0.05) is 49.9 Å². The van der Waals surface area contributed by atoms with E-state index in [1.807, 2.05) is 24.4 Å². The minimum absolute atomic E-state index is 0.0245. The van der Waals surface area contributed by atoms with Crippen molar-refractivity contribution in [1.29, 1.82) is 5.26 Å². The Bertz CT molecular complexity index is 1290. The molecule has 35 heavy (non-hydrogen) atoms. The van der Waals surface area contributed by atoms with E-state index in [-0.39, 0.29) is 10.9 Å². The van der Waals surface area contributed by atoms with Gasteiger partial charge in [0.1, 0.15) is 0 Å². The molecule has 0 amide bonds. The van der Waals surface area contributed by atoms with Crippen LogP contribution in [0.25, 0.3) is 0 Å². The lowest BCUT2D eigenvalue weighted by Crippen LogP contribution is -2.43. The number of hydrogen-bond acceptors (Lipinski definition) is 5. The number of fused-ring (bicyclic) bond motifs is 1. The van der Waals surface area contributed by atoms with E-state index in [4.69, 9.17) is 0 Å². The van der Waals surface area contributed by atoms with Gasteiger partial charge in [0.05, 0.1) is 35.1 Å². The molecule has 0 radical (unpaired) electrons. The van der Waals surface area contributed by atoms with Crippen LogP contribution in [0.3, 0.4) is 0 Å². The average molecular weight is 490 g/mol. The average Bonchev–Trinajstić information content (AvgIpc) is 3.57. The van der Waals surface area contributed by atoms with Crippen molar-refractivity contribution in [3.05, 3.63) is 77.9 Å². The Balaban J connectivity index is 1.52. The number of imidazole rings is 1. The highest BCUT2D eigenvalue weighted by Crippen LogP contribution is 2.35. The lowest BCUT2D eigenvalue weighted by atomic mass is 9.97. The van der Waals surface area contributed by atoms with E-state index < -0.39 is 10.0 Å². The van der Waals surface area contributed by atoms with Crippen molar-refractivity contribution in [2.75, 3.05) is 11.4 Å². The van der Waals surface area contributed by atoms with Gasteiger partial charge in [-0.05, 0) is 48.6 Å². The quantitative estimate of drug-likeness (QED) is 0.513. The molecule has 1 aliphatic carbocycles. The first-order valence-electron chi connectivity index (χ1n) is 12.4. The SMILES string of the molecule is N#Cc1cccc(S(=O)(=O)N2Cc3ccccc3N(Cc3cnc[nH]3)C(CCC3CCCC3)C2)c1. The molecule has 2 heterocycles. The van der Waals surface area contributed by atoms with Crippen LogP contribution in [0.4, 0.5) is 5.69 Å². The standard InChI is InChI=1S/C27H31N5O2S/c28-15-22-8-5-10-26(14-22)35(33,34)31-17-23-9-3-4-11-27(23)32(18-24-16-29-20-30-24)25(19-31)13-12-21-6-1-2-7-21/h3-5,8-11,14,16,20-21,25H,1-2,6-7,12-13,17-19H2,(H,29,30). The second kappa shape index (κ2) is 10.2. The number of benzene rings is 2. The van der Waals surface area contributed by atoms with Crippen molar-refractivity contribution in [1.82, 2.24) is 14.3 Å². The molecule has 0 saturated heterocycles. The van der Waals surface area contributed by atoms with Gasteiger partial charge in [0.15, 0.2) is 0 Å². The van der Waals surface area contributed by atoms with E-state index in [9.17, 15) is 13.7 Å². The molecule has 1 fully saturated rings. The number of nitrogens with one attached hydrogen (secondary N) is 1. The van der Waals surface area contributed by atoms with Gasteiger partial charge in [-0.15, -0.1) is 0 Å². The summed E-state index contributed by atoms with van der Waals surface area (Å²) in [6, 6.07) is 16.5. The summed E-state index contributed by atoms with van der Waals surface area (Å²) in [5, 5.41) is 9.31. The number of nitrogens with zero attached hydrogens (tertiary/aromatic N) is 4. The number of aromatic nitrogens is 2. The Hall–Kier alpha value is -3.15. The third-order valence-corrected chi connectivity index (χ3v) is 9.19. The fraction of sp³-hybridized carbons (Fsp3) is 0.407. The van der Waals surface area contributed by atoms with Crippen LogP contribution in [-0.4, -0.2) is 35.3 Å². The maximum Gasteiger partial charge on any atom is 0.243 e. The largest absolute Gasteiger partial charge is 0.361 e. The Morgan fingerprint density at radius 1 is 1.09 bits per heavy atom. The summed E-state index contributed by atoms with van der Waals surface area (Å²) < 4.78 is 29.3. The minimum Gasteiger partial charge on any atom is -0.361 e.